The summed E-state index contributed by atoms with van der Waals surface area (Å²) in [7, 11) is 1.69. The highest BCUT2D eigenvalue weighted by Crippen LogP contribution is 2.45. The van der Waals surface area contributed by atoms with E-state index >= 15 is 0 Å². The zero-order valence-corrected chi connectivity index (χ0v) is 15.3. The molecule has 6 heteroatoms. The highest BCUT2D eigenvalue weighted by atomic mass is 16.5. The van der Waals surface area contributed by atoms with Crippen molar-refractivity contribution in [1.82, 2.24) is 9.97 Å². The number of amides is 1. The van der Waals surface area contributed by atoms with Crippen LogP contribution >= 0.6 is 0 Å². The summed E-state index contributed by atoms with van der Waals surface area (Å²) in [5, 5.41) is 4.10. The van der Waals surface area contributed by atoms with Crippen molar-refractivity contribution in [3.8, 4) is 5.75 Å². The van der Waals surface area contributed by atoms with Crippen LogP contribution < -0.4 is 15.0 Å². The number of H-pyrrole nitrogens is 1. The lowest BCUT2D eigenvalue weighted by Crippen LogP contribution is -2.25. The Balaban J connectivity index is 1.67. The number of benzene rings is 1. The lowest BCUT2D eigenvalue weighted by atomic mass is 9.84. The summed E-state index contributed by atoms with van der Waals surface area (Å²) in [4.78, 5) is 22.4. The Hall–Kier alpha value is -3.02. The summed E-state index contributed by atoms with van der Waals surface area (Å²) in [5.74, 6) is 0.845. The Kier molecular flexibility index (Phi) is 3.77. The van der Waals surface area contributed by atoms with Gasteiger partial charge in [-0.05, 0) is 42.2 Å². The van der Waals surface area contributed by atoms with Crippen LogP contribution in [-0.4, -0.2) is 36.1 Å². The van der Waals surface area contributed by atoms with Gasteiger partial charge in [0, 0.05) is 55.0 Å². The van der Waals surface area contributed by atoms with Crippen molar-refractivity contribution in [2.45, 2.75) is 25.2 Å². The van der Waals surface area contributed by atoms with Gasteiger partial charge >= 0.3 is 0 Å². The van der Waals surface area contributed by atoms with Crippen LogP contribution in [0.25, 0.3) is 11.0 Å². The number of aromatic amines is 1. The summed E-state index contributed by atoms with van der Waals surface area (Å²) in [6.45, 7) is 2.09. The number of hydrogen-bond acceptors (Lipinski definition) is 4. The fraction of sp³-hybridized carbons (Fsp3) is 0.333. The molecule has 1 fully saturated rings. The van der Waals surface area contributed by atoms with E-state index in [0.717, 1.165) is 52.4 Å². The molecule has 2 aliphatic heterocycles. The molecule has 27 heavy (non-hydrogen) atoms. The van der Waals surface area contributed by atoms with Gasteiger partial charge in [0.15, 0.2) is 0 Å². The van der Waals surface area contributed by atoms with Crippen LogP contribution in [0.1, 0.15) is 36.3 Å². The molecule has 0 bridgehead atoms. The smallest absolute Gasteiger partial charge is 0.225 e. The van der Waals surface area contributed by atoms with Crippen LogP contribution in [0.5, 0.6) is 5.75 Å². The normalized spacial score (nSPS) is 19.2. The lowest BCUT2D eigenvalue weighted by molar-refractivity contribution is -0.116. The number of fused-ring (bicyclic) bond motifs is 2. The Morgan fingerprint density at radius 3 is 2.89 bits per heavy atom. The molecular weight excluding hydrogens is 340 g/mol. The predicted octanol–water partition coefficient (Wildman–Crippen LogP) is 3.65. The number of nitrogens with zero attached hydrogens (tertiary/aromatic N) is 2. The third kappa shape index (κ3) is 2.63. The minimum Gasteiger partial charge on any atom is -0.495 e. The van der Waals surface area contributed by atoms with Gasteiger partial charge in [-0.15, -0.1) is 0 Å². The number of carbonyl (C=O) groups is 1. The van der Waals surface area contributed by atoms with E-state index in [2.05, 4.69) is 32.3 Å². The molecule has 6 nitrogen and oxygen atoms in total. The monoisotopic (exact) mass is 362 g/mol. The number of nitrogens with one attached hydrogen (secondary N) is 2. The van der Waals surface area contributed by atoms with Crippen LogP contribution in [0.4, 0.5) is 11.4 Å². The molecule has 1 saturated heterocycles. The van der Waals surface area contributed by atoms with Crippen molar-refractivity contribution < 1.29 is 9.53 Å². The molecule has 0 radical (unpaired) electrons. The second-order valence-electron chi connectivity index (χ2n) is 7.25. The van der Waals surface area contributed by atoms with E-state index in [9.17, 15) is 4.79 Å². The van der Waals surface area contributed by atoms with E-state index in [-0.39, 0.29) is 11.8 Å². The topological polar surface area (TPSA) is 70.2 Å². The van der Waals surface area contributed by atoms with Crippen molar-refractivity contribution in [1.29, 1.82) is 0 Å². The standard InChI is InChI=1S/C21H22N4O2/c1-27-19-11-17-15(9-18(19)25-7-2-3-8-25)14(10-20(26)24-17)16-12-23-21-13(16)5-4-6-22-21/h4-6,9,11-12,14H,2-3,7-8,10H2,1H3,(H,22,23)(H,24,26). The van der Waals surface area contributed by atoms with Crippen LogP contribution in [0.2, 0.25) is 0 Å². The summed E-state index contributed by atoms with van der Waals surface area (Å²) in [5.41, 5.74) is 5.07. The van der Waals surface area contributed by atoms with Gasteiger partial charge in [-0.1, -0.05) is 0 Å². The molecule has 138 valence electrons. The van der Waals surface area contributed by atoms with E-state index in [1.54, 1.807) is 13.3 Å². The van der Waals surface area contributed by atoms with Crippen LogP contribution in [0.15, 0.2) is 36.7 Å². The van der Waals surface area contributed by atoms with Crippen molar-refractivity contribution >= 4 is 28.3 Å². The van der Waals surface area contributed by atoms with Crippen LogP contribution in [0.3, 0.4) is 0 Å². The molecule has 1 amide bonds. The molecule has 4 heterocycles. The van der Waals surface area contributed by atoms with Crippen molar-refractivity contribution in [3.05, 3.63) is 47.8 Å². The van der Waals surface area contributed by atoms with Gasteiger partial charge < -0.3 is 19.9 Å². The van der Waals surface area contributed by atoms with Crippen LogP contribution in [0, 0.1) is 0 Å². The zero-order valence-electron chi connectivity index (χ0n) is 15.3. The minimum absolute atomic E-state index is 0.000964. The van der Waals surface area contributed by atoms with Gasteiger partial charge in [0.1, 0.15) is 11.4 Å². The molecule has 1 aromatic carbocycles. The number of anilines is 2. The van der Waals surface area contributed by atoms with Gasteiger partial charge in [0.25, 0.3) is 0 Å². The number of ether oxygens (including phenoxy) is 1. The third-order valence-corrected chi connectivity index (χ3v) is 5.70. The van der Waals surface area contributed by atoms with E-state index < -0.39 is 0 Å². The molecule has 2 aromatic heterocycles. The van der Waals surface area contributed by atoms with E-state index in [4.69, 9.17) is 4.74 Å². The number of rotatable bonds is 3. The highest BCUT2D eigenvalue weighted by Gasteiger charge is 2.31. The van der Waals surface area contributed by atoms with E-state index in [0.29, 0.717) is 6.42 Å². The lowest BCUT2D eigenvalue weighted by Gasteiger charge is -2.29. The second kappa shape index (κ2) is 6.30. The van der Waals surface area contributed by atoms with Gasteiger partial charge in [0.05, 0.1) is 12.8 Å². The maximum Gasteiger partial charge on any atom is 0.225 e. The largest absolute Gasteiger partial charge is 0.495 e. The Morgan fingerprint density at radius 1 is 1.22 bits per heavy atom. The number of aromatic nitrogens is 2. The van der Waals surface area contributed by atoms with Crippen LogP contribution in [-0.2, 0) is 4.79 Å². The van der Waals surface area contributed by atoms with E-state index in [1.807, 2.05) is 18.3 Å². The molecule has 1 unspecified atom stereocenters. The summed E-state index contributed by atoms with van der Waals surface area (Å²) in [6.07, 6.45) is 6.61. The molecule has 1 atom stereocenters. The van der Waals surface area contributed by atoms with Gasteiger partial charge in [0.2, 0.25) is 5.91 Å². The number of carbonyl (C=O) groups excluding carboxylic acids is 1. The first-order valence-electron chi connectivity index (χ1n) is 9.43. The fourth-order valence-electron chi connectivity index (χ4n) is 4.39. The van der Waals surface area contributed by atoms with Crippen molar-refractivity contribution in [2.24, 2.45) is 0 Å². The first-order chi connectivity index (χ1) is 13.2. The Labute approximate surface area is 157 Å². The second-order valence-corrected chi connectivity index (χ2v) is 7.25. The quantitative estimate of drug-likeness (QED) is 0.746. The highest BCUT2D eigenvalue weighted by molar-refractivity contribution is 5.97. The summed E-state index contributed by atoms with van der Waals surface area (Å²) >= 11 is 0. The first kappa shape index (κ1) is 16.2. The molecule has 0 aliphatic carbocycles. The molecule has 2 N–H and O–H groups in total. The fourth-order valence-corrected chi connectivity index (χ4v) is 4.39. The minimum atomic E-state index is -0.000964. The Bertz CT molecular complexity index is 1020. The average Bonchev–Trinajstić information content (AvgIpc) is 3.36. The van der Waals surface area contributed by atoms with Gasteiger partial charge in [-0.2, -0.15) is 0 Å². The summed E-state index contributed by atoms with van der Waals surface area (Å²) in [6, 6.07) is 8.18. The van der Waals surface area contributed by atoms with E-state index in [1.165, 1.54) is 12.8 Å². The molecule has 2 aliphatic rings. The summed E-state index contributed by atoms with van der Waals surface area (Å²) < 4.78 is 5.65. The third-order valence-electron chi connectivity index (χ3n) is 5.70. The maximum atomic E-state index is 12.4. The van der Waals surface area contributed by atoms with Crippen molar-refractivity contribution in [3.63, 3.8) is 0 Å². The zero-order chi connectivity index (χ0) is 18.4. The molecule has 0 spiro atoms. The maximum absolute atomic E-state index is 12.4. The first-order valence-corrected chi connectivity index (χ1v) is 9.43. The molecule has 0 saturated carbocycles. The molecule has 5 rings (SSSR count). The SMILES string of the molecule is COc1cc2c(cc1N1CCCC1)C(c1c[nH]c3ncccc13)CC(=O)N2. The number of methoxy groups -OCH3 is 1. The Morgan fingerprint density at radius 2 is 2.07 bits per heavy atom. The number of pyridine rings is 1. The molecular formula is C21H22N4O2. The predicted molar refractivity (Wildman–Crippen MR) is 106 cm³/mol. The van der Waals surface area contributed by atoms with Crippen molar-refractivity contribution in [2.75, 3.05) is 30.4 Å². The van der Waals surface area contributed by atoms with Gasteiger partial charge in [-0.3, -0.25) is 4.79 Å². The average molecular weight is 362 g/mol. The molecule has 3 aromatic rings. The number of hydrogen-bond donors (Lipinski definition) is 2. The van der Waals surface area contributed by atoms with Gasteiger partial charge in [-0.25, -0.2) is 4.98 Å².